The number of aryl methyl sites for hydroxylation is 1. The van der Waals surface area contributed by atoms with E-state index < -0.39 is 0 Å². The van der Waals surface area contributed by atoms with Crippen molar-refractivity contribution in [3.05, 3.63) is 23.3 Å². The fourth-order valence-corrected chi connectivity index (χ4v) is 3.24. The molecule has 6 heteroatoms. The molecule has 1 fully saturated rings. The Kier molecular flexibility index (Phi) is 7.30. The molecule has 1 aromatic rings. The van der Waals surface area contributed by atoms with E-state index in [4.69, 9.17) is 9.47 Å². The zero-order valence-corrected chi connectivity index (χ0v) is 16.3. The summed E-state index contributed by atoms with van der Waals surface area (Å²) in [5.74, 6) is 1.34. The standard InChI is InChI=1S/C20H30N2O4/c1-5-6-8-19(23)21-9-7-10-22(12-11-21)20(24)16-14-18(26-4)17(25-3)13-15(16)2/h13-14H,5-12H2,1-4H3. The first-order chi connectivity index (χ1) is 12.5. The van der Waals surface area contributed by atoms with Crippen LogP contribution < -0.4 is 9.47 Å². The fourth-order valence-electron chi connectivity index (χ4n) is 3.24. The van der Waals surface area contributed by atoms with Crippen LogP contribution in [-0.2, 0) is 4.79 Å². The number of hydrogen-bond acceptors (Lipinski definition) is 4. The Morgan fingerprint density at radius 2 is 1.62 bits per heavy atom. The number of carbonyl (C=O) groups excluding carboxylic acids is 2. The van der Waals surface area contributed by atoms with Crippen LogP contribution in [0.5, 0.6) is 11.5 Å². The SMILES string of the molecule is CCCCC(=O)N1CCCN(C(=O)c2cc(OC)c(OC)cc2C)CC1. The van der Waals surface area contributed by atoms with E-state index in [0.717, 1.165) is 31.4 Å². The van der Waals surface area contributed by atoms with Gasteiger partial charge in [-0.1, -0.05) is 13.3 Å². The van der Waals surface area contributed by atoms with Crippen LogP contribution in [0.3, 0.4) is 0 Å². The molecule has 1 saturated heterocycles. The van der Waals surface area contributed by atoms with Crippen molar-refractivity contribution in [3.8, 4) is 11.5 Å². The van der Waals surface area contributed by atoms with Crippen LogP contribution in [0.1, 0.15) is 48.5 Å². The Morgan fingerprint density at radius 1 is 1.00 bits per heavy atom. The minimum absolute atomic E-state index is 0.0219. The first kappa shape index (κ1) is 20.1. The van der Waals surface area contributed by atoms with Crippen LogP contribution in [0.15, 0.2) is 12.1 Å². The summed E-state index contributed by atoms with van der Waals surface area (Å²) in [6, 6.07) is 3.57. The second-order valence-corrected chi connectivity index (χ2v) is 6.65. The van der Waals surface area contributed by atoms with E-state index in [0.29, 0.717) is 43.1 Å². The van der Waals surface area contributed by atoms with E-state index in [1.165, 1.54) is 0 Å². The van der Waals surface area contributed by atoms with E-state index in [1.54, 1.807) is 20.3 Å². The van der Waals surface area contributed by atoms with E-state index in [1.807, 2.05) is 22.8 Å². The molecule has 0 aromatic heterocycles. The summed E-state index contributed by atoms with van der Waals surface area (Å²) in [6.07, 6.45) is 3.33. The molecule has 144 valence electrons. The van der Waals surface area contributed by atoms with Gasteiger partial charge in [0, 0.05) is 38.2 Å². The van der Waals surface area contributed by atoms with E-state index in [2.05, 4.69) is 6.92 Å². The van der Waals surface area contributed by atoms with Gasteiger partial charge in [-0.3, -0.25) is 9.59 Å². The van der Waals surface area contributed by atoms with Gasteiger partial charge in [-0.05, 0) is 37.5 Å². The predicted octanol–water partition coefficient (Wildman–Crippen LogP) is 2.88. The minimum atomic E-state index is -0.0219. The number of nitrogens with zero attached hydrogens (tertiary/aromatic N) is 2. The Bertz CT molecular complexity index is 645. The van der Waals surface area contributed by atoms with E-state index >= 15 is 0 Å². The molecule has 1 aliphatic heterocycles. The smallest absolute Gasteiger partial charge is 0.254 e. The van der Waals surface area contributed by atoms with Crippen molar-refractivity contribution in [1.29, 1.82) is 0 Å². The molecule has 1 aliphatic rings. The highest BCUT2D eigenvalue weighted by atomic mass is 16.5. The topological polar surface area (TPSA) is 59.1 Å². The quantitative estimate of drug-likeness (QED) is 0.781. The molecule has 1 heterocycles. The van der Waals surface area contributed by atoms with Gasteiger partial charge < -0.3 is 19.3 Å². The zero-order chi connectivity index (χ0) is 19.1. The van der Waals surface area contributed by atoms with Crippen molar-refractivity contribution >= 4 is 11.8 Å². The second-order valence-electron chi connectivity index (χ2n) is 6.65. The van der Waals surface area contributed by atoms with Gasteiger partial charge in [-0.25, -0.2) is 0 Å². The summed E-state index contributed by atoms with van der Waals surface area (Å²) < 4.78 is 10.6. The van der Waals surface area contributed by atoms with Gasteiger partial charge in [-0.2, -0.15) is 0 Å². The zero-order valence-electron chi connectivity index (χ0n) is 16.3. The van der Waals surface area contributed by atoms with Crippen LogP contribution in [0, 0.1) is 6.92 Å². The lowest BCUT2D eigenvalue weighted by atomic mass is 10.1. The number of hydrogen-bond donors (Lipinski definition) is 0. The van der Waals surface area contributed by atoms with Crippen molar-refractivity contribution in [2.24, 2.45) is 0 Å². The van der Waals surface area contributed by atoms with Gasteiger partial charge in [0.1, 0.15) is 0 Å². The summed E-state index contributed by atoms with van der Waals surface area (Å²) in [7, 11) is 3.14. The molecule has 0 radical (unpaired) electrons. The lowest BCUT2D eigenvalue weighted by Crippen LogP contribution is -2.37. The van der Waals surface area contributed by atoms with Gasteiger partial charge in [-0.15, -0.1) is 0 Å². The molecule has 1 aromatic carbocycles. The maximum Gasteiger partial charge on any atom is 0.254 e. The summed E-state index contributed by atoms with van der Waals surface area (Å²) in [6.45, 7) is 6.52. The summed E-state index contributed by atoms with van der Waals surface area (Å²) in [4.78, 5) is 29.0. The van der Waals surface area contributed by atoms with Crippen molar-refractivity contribution < 1.29 is 19.1 Å². The molecule has 2 amide bonds. The van der Waals surface area contributed by atoms with Crippen LogP contribution >= 0.6 is 0 Å². The number of carbonyl (C=O) groups is 2. The highest BCUT2D eigenvalue weighted by Gasteiger charge is 2.24. The van der Waals surface area contributed by atoms with Crippen molar-refractivity contribution in [2.45, 2.75) is 39.5 Å². The van der Waals surface area contributed by atoms with Crippen molar-refractivity contribution in [1.82, 2.24) is 9.80 Å². The van der Waals surface area contributed by atoms with Gasteiger partial charge >= 0.3 is 0 Å². The first-order valence-corrected chi connectivity index (χ1v) is 9.31. The maximum absolute atomic E-state index is 13.0. The number of methoxy groups -OCH3 is 2. The van der Waals surface area contributed by atoms with Gasteiger partial charge in [0.2, 0.25) is 5.91 Å². The minimum Gasteiger partial charge on any atom is -0.493 e. The molecule has 0 N–H and O–H groups in total. The third-order valence-corrected chi connectivity index (χ3v) is 4.84. The maximum atomic E-state index is 13.0. The van der Waals surface area contributed by atoms with Crippen LogP contribution in [-0.4, -0.2) is 62.0 Å². The molecule has 0 unspecified atom stereocenters. The first-order valence-electron chi connectivity index (χ1n) is 9.31. The largest absolute Gasteiger partial charge is 0.493 e. The lowest BCUT2D eigenvalue weighted by Gasteiger charge is -2.23. The Hall–Kier alpha value is -2.24. The molecule has 0 spiro atoms. The number of amides is 2. The Labute approximate surface area is 156 Å². The predicted molar refractivity (Wildman–Crippen MR) is 101 cm³/mol. The monoisotopic (exact) mass is 362 g/mol. The molecule has 0 aliphatic carbocycles. The van der Waals surface area contributed by atoms with Crippen molar-refractivity contribution in [3.63, 3.8) is 0 Å². The van der Waals surface area contributed by atoms with Crippen LogP contribution in [0.25, 0.3) is 0 Å². The van der Waals surface area contributed by atoms with Crippen LogP contribution in [0.2, 0.25) is 0 Å². The fraction of sp³-hybridized carbons (Fsp3) is 0.600. The molecule has 0 saturated carbocycles. The number of unbranched alkanes of at least 4 members (excludes halogenated alkanes) is 1. The molecule has 0 bridgehead atoms. The van der Waals surface area contributed by atoms with E-state index in [-0.39, 0.29) is 11.8 Å². The summed E-state index contributed by atoms with van der Waals surface area (Å²) >= 11 is 0. The van der Waals surface area contributed by atoms with Gasteiger partial charge in [0.25, 0.3) is 5.91 Å². The van der Waals surface area contributed by atoms with Crippen LogP contribution in [0.4, 0.5) is 0 Å². The average molecular weight is 362 g/mol. The molecular weight excluding hydrogens is 332 g/mol. The normalized spacial score (nSPS) is 14.8. The Morgan fingerprint density at radius 3 is 2.27 bits per heavy atom. The third-order valence-electron chi connectivity index (χ3n) is 4.84. The molecule has 2 rings (SSSR count). The number of rotatable bonds is 6. The highest BCUT2D eigenvalue weighted by Crippen LogP contribution is 2.31. The number of benzene rings is 1. The van der Waals surface area contributed by atoms with Gasteiger partial charge in [0.05, 0.1) is 14.2 Å². The second kappa shape index (κ2) is 9.46. The summed E-state index contributed by atoms with van der Waals surface area (Å²) in [5.41, 5.74) is 1.47. The van der Waals surface area contributed by atoms with Crippen molar-refractivity contribution in [2.75, 3.05) is 40.4 Å². The average Bonchev–Trinajstić information content (AvgIpc) is 2.91. The number of ether oxygens (including phenoxy) is 2. The summed E-state index contributed by atoms with van der Waals surface area (Å²) in [5, 5.41) is 0. The lowest BCUT2D eigenvalue weighted by molar-refractivity contribution is -0.131. The molecular formula is C20H30N2O4. The highest BCUT2D eigenvalue weighted by molar-refractivity contribution is 5.96. The van der Waals surface area contributed by atoms with Gasteiger partial charge in [0.15, 0.2) is 11.5 Å². The van der Waals surface area contributed by atoms with E-state index in [9.17, 15) is 9.59 Å². The Balaban J connectivity index is 2.09. The third kappa shape index (κ3) is 4.68. The molecule has 6 nitrogen and oxygen atoms in total. The molecule has 26 heavy (non-hydrogen) atoms. The molecule has 0 atom stereocenters.